The molecule has 1 N–H and O–H groups in total. The SMILES string of the molecule is CC(C)c1nc(-c2c[nH]c3cc(F)ccc23)n(C2CCN(C)CC2)n1. The molecule has 1 fully saturated rings. The molecular weight excluding hydrogens is 317 g/mol. The molecule has 1 aliphatic heterocycles. The first kappa shape index (κ1) is 16.3. The van der Waals surface area contributed by atoms with Crippen LogP contribution in [-0.4, -0.2) is 44.8 Å². The summed E-state index contributed by atoms with van der Waals surface area (Å²) in [5.74, 6) is 1.79. The molecule has 0 amide bonds. The zero-order valence-corrected chi connectivity index (χ0v) is 15.0. The van der Waals surface area contributed by atoms with E-state index in [1.807, 2.05) is 12.3 Å². The molecule has 1 aromatic carbocycles. The van der Waals surface area contributed by atoms with E-state index in [0.717, 1.165) is 54.0 Å². The average Bonchev–Trinajstić information content (AvgIpc) is 3.19. The summed E-state index contributed by atoms with van der Waals surface area (Å²) >= 11 is 0. The minimum absolute atomic E-state index is 0.236. The van der Waals surface area contributed by atoms with Crippen LogP contribution in [0.25, 0.3) is 22.3 Å². The Labute approximate surface area is 146 Å². The van der Waals surface area contributed by atoms with Crippen LogP contribution in [0, 0.1) is 5.82 Å². The number of nitrogens with zero attached hydrogens (tertiary/aromatic N) is 4. The van der Waals surface area contributed by atoms with Crippen molar-refractivity contribution in [2.24, 2.45) is 0 Å². The van der Waals surface area contributed by atoms with Gasteiger partial charge in [-0.1, -0.05) is 13.8 Å². The van der Waals surface area contributed by atoms with Gasteiger partial charge in [-0.05, 0) is 51.2 Å². The highest BCUT2D eigenvalue weighted by Gasteiger charge is 2.25. The highest BCUT2D eigenvalue weighted by molar-refractivity contribution is 5.93. The number of aromatic nitrogens is 4. The first-order valence-corrected chi connectivity index (χ1v) is 8.95. The number of hydrogen-bond donors (Lipinski definition) is 1. The number of piperidine rings is 1. The third-order valence-electron chi connectivity index (χ3n) is 5.08. The fourth-order valence-corrected chi connectivity index (χ4v) is 3.55. The van der Waals surface area contributed by atoms with Crippen LogP contribution in [-0.2, 0) is 0 Å². The van der Waals surface area contributed by atoms with Crippen molar-refractivity contribution >= 4 is 10.9 Å². The van der Waals surface area contributed by atoms with Gasteiger partial charge >= 0.3 is 0 Å². The summed E-state index contributed by atoms with van der Waals surface area (Å²) in [5, 5.41) is 5.82. The Bertz CT molecular complexity index is 886. The normalized spacial score (nSPS) is 17.0. The van der Waals surface area contributed by atoms with Crippen molar-refractivity contribution in [1.82, 2.24) is 24.6 Å². The van der Waals surface area contributed by atoms with Crippen molar-refractivity contribution < 1.29 is 4.39 Å². The third kappa shape index (κ3) is 2.95. The lowest BCUT2D eigenvalue weighted by molar-refractivity contribution is 0.213. The summed E-state index contributed by atoms with van der Waals surface area (Å²) in [7, 11) is 2.16. The maximum absolute atomic E-state index is 13.5. The van der Waals surface area contributed by atoms with Gasteiger partial charge in [0.2, 0.25) is 0 Å². The molecule has 6 heteroatoms. The Kier molecular flexibility index (Phi) is 4.07. The number of fused-ring (bicyclic) bond motifs is 1. The average molecular weight is 341 g/mol. The van der Waals surface area contributed by atoms with E-state index in [2.05, 4.69) is 35.5 Å². The molecule has 3 heterocycles. The second-order valence-corrected chi connectivity index (χ2v) is 7.32. The minimum Gasteiger partial charge on any atom is -0.360 e. The molecule has 5 nitrogen and oxygen atoms in total. The zero-order valence-electron chi connectivity index (χ0n) is 15.0. The number of rotatable bonds is 3. The lowest BCUT2D eigenvalue weighted by Gasteiger charge is -2.29. The van der Waals surface area contributed by atoms with Gasteiger partial charge in [-0.25, -0.2) is 14.1 Å². The van der Waals surface area contributed by atoms with Gasteiger partial charge in [-0.2, -0.15) is 5.10 Å². The van der Waals surface area contributed by atoms with Crippen molar-refractivity contribution in [3.63, 3.8) is 0 Å². The van der Waals surface area contributed by atoms with Crippen LogP contribution in [0.3, 0.4) is 0 Å². The van der Waals surface area contributed by atoms with Crippen LogP contribution >= 0.6 is 0 Å². The molecule has 2 aromatic heterocycles. The monoisotopic (exact) mass is 341 g/mol. The highest BCUT2D eigenvalue weighted by atomic mass is 19.1. The molecule has 0 spiro atoms. The van der Waals surface area contributed by atoms with Crippen molar-refractivity contribution in [2.45, 2.75) is 38.6 Å². The Morgan fingerprint density at radius 3 is 2.72 bits per heavy atom. The summed E-state index contributed by atoms with van der Waals surface area (Å²) in [4.78, 5) is 10.4. The fourth-order valence-electron chi connectivity index (χ4n) is 3.55. The number of benzene rings is 1. The Hall–Kier alpha value is -2.21. The van der Waals surface area contributed by atoms with E-state index in [9.17, 15) is 4.39 Å². The maximum atomic E-state index is 13.5. The quantitative estimate of drug-likeness (QED) is 0.784. The molecule has 0 aliphatic carbocycles. The van der Waals surface area contributed by atoms with Gasteiger partial charge in [0.05, 0.1) is 6.04 Å². The molecule has 132 valence electrons. The van der Waals surface area contributed by atoms with E-state index in [4.69, 9.17) is 10.1 Å². The minimum atomic E-state index is -0.236. The lowest BCUT2D eigenvalue weighted by atomic mass is 10.1. The summed E-state index contributed by atoms with van der Waals surface area (Å²) in [6, 6.07) is 5.20. The molecule has 1 saturated heterocycles. The number of halogens is 1. The van der Waals surface area contributed by atoms with Gasteiger partial charge in [0.1, 0.15) is 5.82 Å². The van der Waals surface area contributed by atoms with Gasteiger partial charge in [0, 0.05) is 28.6 Å². The standard InChI is InChI=1S/C19H24FN5/c1-12(2)18-22-19(25(23-18)14-6-8-24(3)9-7-14)16-11-21-17-10-13(20)4-5-15(16)17/h4-5,10-12,14,21H,6-9H2,1-3H3. The highest BCUT2D eigenvalue weighted by Crippen LogP contribution is 2.33. The van der Waals surface area contributed by atoms with Crippen molar-refractivity contribution in [1.29, 1.82) is 0 Å². The summed E-state index contributed by atoms with van der Waals surface area (Å²) < 4.78 is 15.6. The molecular formula is C19H24FN5. The van der Waals surface area contributed by atoms with E-state index in [-0.39, 0.29) is 11.7 Å². The Morgan fingerprint density at radius 1 is 1.24 bits per heavy atom. The van der Waals surface area contributed by atoms with Gasteiger partial charge < -0.3 is 9.88 Å². The first-order chi connectivity index (χ1) is 12.0. The van der Waals surface area contributed by atoms with E-state index >= 15 is 0 Å². The van der Waals surface area contributed by atoms with Gasteiger partial charge in [-0.15, -0.1) is 0 Å². The fraction of sp³-hybridized carbons (Fsp3) is 0.474. The molecule has 0 saturated carbocycles. The predicted octanol–water partition coefficient (Wildman–Crippen LogP) is 3.96. The number of hydrogen-bond acceptors (Lipinski definition) is 3. The Balaban J connectivity index is 1.82. The molecule has 1 aliphatic rings. The van der Waals surface area contributed by atoms with Gasteiger partial charge in [-0.3, -0.25) is 0 Å². The van der Waals surface area contributed by atoms with E-state index in [1.165, 1.54) is 12.1 Å². The number of H-pyrrole nitrogens is 1. The smallest absolute Gasteiger partial charge is 0.160 e. The number of nitrogens with one attached hydrogen (secondary N) is 1. The van der Waals surface area contributed by atoms with Crippen LogP contribution in [0.1, 0.15) is 44.5 Å². The van der Waals surface area contributed by atoms with Crippen molar-refractivity contribution in [2.75, 3.05) is 20.1 Å². The first-order valence-electron chi connectivity index (χ1n) is 8.95. The molecule has 25 heavy (non-hydrogen) atoms. The molecule has 0 unspecified atom stereocenters. The van der Waals surface area contributed by atoms with Crippen LogP contribution in [0.4, 0.5) is 4.39 Å². The number of likely N-dealkylation sites (tertiary alicyclic amines) is 1. The van der Waals surface area contributed by atoms with Crippen LogP contribution in [0.5, 0.6) is 0 Å². The molecule has 3 aromatic rings. The van der Waals surface area contributed by atoms with Crippen molar-refractivity contribution in [3.05, 3.63) is 36.0 Å². The van der Waals surface area contributed by atoms with Crippen LogP contribution in [0.2, 0.25) is 0 Å². The number of aromatic amines is 1. The van der Waals surface area contributed by atoms with E-state index in [0.29, 0.717) is 6.04 Å². The zero-order chi connectivity index (χ0) is 17.6. The van der Waals surface area contributed by atoms with E-state index in [1.54, 1.807) is 0 Å². The van der Waals surface area contributed by atoms with Gasteiger partial charge in [0.25, 0.3) is 0 Å². The van der Waals surface area contributed by atoms with Crippen LogP contribution < -0.4 is 0 Å². The third-order valence-corrected chi connectivity index (χ3v) is 5.08. The topological polar surface area (TPSA) is 49.7 Å². The summed E-state index contributed by atoms with van der Waals surface area (Å²) in [6.45, 7) is 6.37. The lowest BCUT2D eigenvalue weighted by Crippen LogP contribution is -2.32. The van der Waals surface area contributed by atoms with Crippen molar-refractivity contribution in [3.8, 4) is 11.4 Å². The predicted molar refractivity (Wildman–Crippen MR) is 97.1 cm³/mol. The van der Waals surface area contributed by atoms with Crippen LogP contribution in [0.15, 0.2) is 24.4 Å². The second-order valence-electron chi connectivity index (χ2n) is 7.32. The molecule has 4 rings (SSSR count). The van der Waals surface area contributed by atoms with Gasteiger partial charge in [0.15, 0.2) is 11.6 Å². The molecule has 0 bridgehead atoms. The summed E-state index contributed by atoms with van der Waals surface area (Å²) in [6.07, 6.45) is 4.06. The second kappa shape index (κ2) is 6.26. The molecule has 0 radical (unpaired) electrons. The maximum Gasteiger partial charge on any atom is 0.160 e. The van der Waals surface area contributed by atoms with E-state index < -0.39 is 0 Å². The summed E-state index contributed by atoms with van der Waals surface area (Å²) in [5.41, 5.74) is 1.78. The molecule has 0 atom stereocenters. The Morgan fingerprint density at radius 2 is 2.00 bits per heavy atom. The largest absolute Gasteiger partial charge is 0.360 e.